The van der Waals surface area contributed by atoms with E-state index in [1.54, 1.807) is 0 Å². The summed E-state index contributed by atoms with van der Waals surface area (Å²) in [5.74, 6) is -1.72. The van der Waals surface area contributed by atoms with Gasteiger partial charge in [-0.2, -0.15) is 0 Å². The quantitative estimate of drug-likeness (QED) is 0.559. The van der Waals surface area contributed by atoms with Gasteiger partial charge in [0.25, 0.3) is 0 Å². The van der Waals surface area contributed by atoms with E-state index in [0.717, 1.165) is 41.5 Å². The molecule has 0 radical (unpaired) electrons. The van der Waals surface area contributed by atoms with Gasteiger partial charge in [0.05, 0.1) is 5.92 Å². The van der Waals surface area contributed by atoms with Gasteiger partial charge in [0.1, 0.15) is 6.61 Å². The molecule has 5 rings (SSSR count). The molecule has 2 fully saturated rings. The number of fused-ring (bicyclic) bond motifs is 5. The number of carbonyl (C=O) groups excluding carboxylic acids is 2. The number of benzene rings is 2. The van der Waals surface area contributed by atoms with E-state index < -0.39 is 30.5 Å². The van der Waals surface area contributed by atoms with Crippen molar-refractivity contribution < 1.29 is 29.1 Å². The zero-order chi connectivity index (χ0) is 22.9. The first-order valence-electron chi connectivity index (χ1n) is 11.3. The number of nitrogens with one attached hydrogen (secondary N) is 2. The normalized spacial score (nSPS) is 24.7. The number of hydrogen-bond donors (Lipinski definition) is 3. The van der Waals surface area contributed by atoms with Gasteiger partial charge >= 0.3 is 12.1 Å². The number of aliphatic carboxylic acids is 1. The van der Waals surface area contributed by atoms with Crippen LogP contribution in [0.15, 0.2) is 48.5 Å². The van der Waals surface area contributed by atoms with Crippen molar-refractivity contribution in [3.63, 3.8) is 0 Å². The SMILES string of the molecule is O=C(O)CONC(=O)C1C2CCC(C2)C1NC(=O)OCC1c2ccccc2-c2ccccc21. The van der Waals surface area contributed by atoms with Crippen molar-refractivity contribution in [2.45, 2.75) is 31.2 Å². The molecule has 0 saturated heterocycles. The van der Waals surface area contributed by atoms with Crippen LogP contribution in [0.3, 0.4) is 0 Å². The maximum absolute atomic E-state index is 12.8. The number of alkyl carbamates (subject to hydrolysis) is 1. The molecule has 2 aromatic rings. The first-order chi connectivity index (χ1) is 16.0. The Morgan fingerprint density at radius 1 is 0.939 bits per heavy atom. The number of carboxylic acids is 1. The molecule has 0 aliphatic heterocycles. The van der Waals surface area contributed by atoms with E-state index in [1.807, 2.05) is 24.3 Å². The molecule has 4 unspecified atom stereocenters. The Hall–Kier alpha value is -3.39. The Labute approximate surface area is 191 Å². The second kappa shape index (κ2) is 8.86. The van der Waals surface area contributed by atoms with E-state index in [4.69, 9.17) is 14.7 Å². The fraction of sp³-hybridized carbons (Fsp3) is 0.400. The van der Waals surface area contributed by atoms with Crippen LogP contribution in [0.4, 0.5) is 4.79 Å². The van der Waals surface area contributed by atoms with Crippen LogP contribution in [0.2, 0.25) is 0 Å². The highest BCUT2D eigenvalue weighted by Gasteiger charge is 2.51. The van der Waals surface area contributed by atoms with Crippen LogP contribution < -0.4 is 10.8 Å². The monoisotopic (exact) mass is 450 g/mol. The van der Waals surface area contributed by atoms with Gasteiger partial charge in [-0.25, -0.2) is 15.1 Å². The minimum Gasteiger partial charge on any atom is -0.479 e. The molecular formula is C25H26N2O6. The molecule has 2 aromatic carbocycles. The van der Waals surface area contributed by atoms with Gasteiger partial charge in [0.15, 0.2) is 6.61 Å². The lowest BCUT2D eigenvalue weighted by atomic mass is 9.84. The van der Waals surface area contributed by atoms with Gasteiger partial charge in [-0.05, 0) is 53.4 Å². The van der Waals surface area contributed by atoms with E-state index in [-0.39, 0.29) is 30.4 Å². The summed E-state index contributed by atoms with van der Waals surface area (Å²) in [4.78, 5) is 40.8. The van der Waals surface area contributed by atoms with Crippen LogP contribution in [0, 0.1) is 17.8 Å². The van der Waals surface area contributed by atoms with Crippen LogP contribution in [-0.2, 0) is 19.2 Å². The van der Waals surface area contributed by atoms with E-state index in [2.05, 4.69) is 35.1 Å². The maximum Gasteiger partial charge on any atom is 0.407 e. The number of amides is 2. The van der Waals surface area contributed by atoms with Crippen molar-refractivity contribution in [1.29, 1.82) is 0 Å². The highest BCUT2D eigenvalue weighted by molar-refractivity contribution is 5.81. The number of ether oxygens (including phenoxy) is 1. The molecule has 8 nitrogen and oxygen atoms in total. The average molecular weight is 450 g/mol. The van der Waals surface area contributed by atoms with Gasteiger partial charge < -0.3 is 15.2 Å². The molecule has 33 heavy (non-hydrogen) atoms. The van der Waals surface area contributed by atoms with Crippen molar-refractivity contribution in [1.82, 2.24) is 10.8 Å². The van der Waals surface area contributed by atoms with Gasteiger partial charge in [-0.1, -0.05) is 48.5 Å². The van der Waals surface area contributed by atoms with E-state index in [9.17, 15) is 14.4 Å². The summed E-state index contributed by atoms with van der Waals surface area (Å²) in [5, 5.41) is 11.6. The largest absolute Gasteiger partial charge is 0.479 e. The molecule has 0 heterocycles. The molecule has 4 atom stereocenters. The van der Waals surface area contributed by atoms with Crippen molar-refractivity contribution in [3.8, 4) is 11.1 Å². The number of carboxylic acid groups (broad SMARTS) is 1. The van der Waals surface area contributed by atoms with E-state index >= 15 is 0 Å². The lowest BCUT2D eigenvalue weighted by Crippen LogP contribution is -2.50. The molecule has 0 spiro atoms. The van der Waals surface area contributed by atoms with Crippen molar-refractivity contribution in [2.24, 2.45) is 17.8 Å². The molecule has 3 aliphatic rings. The molecule has 2 saturated carbocycles. The summed E-state index contributed by atoms with van der Waals surface area (Å²) in [6, 6.07) is 15.9. The van der Waals surface area contributed by atoms with Crippen molar-refractivity contribution >= 4 is 18.0 Å². The third-order valence-corrected chi connectivity index (χ3v) is 7.22. The minimum absolute atomic E-state index is 0.0355. The fourth-order valence-electron chi connectivity index (χ4n) is 5.89. The summed E-state index contributed by atoms with van der Waals surface area (Å²) >= 11 is 0. The molecule has 2 bridgehead atoms. The zero-order valence-electron chi connectivity index (χ0n) is 18.0. The third kappa shape index (κ3) is 4.06. The van der Waals surface area contributed by atoms with Crippen LogP contribution in [-0.4, -0.2) is 42.3 Å². The number of carbonyl (C=O) groups is 3. The zero-order valence-corrected chi connectivity index (χ0v) is 18.0. The minimum atomic E-state index is -1.17. The fourth-order valence-corrected chi connectivity index (χ4v) is 5.89. The molecule has 2 amide bonds. The second-order valence-electron chi connectivity index (χ2n) is 9.00. The number of hydrogen-bond acceptors (Lipinski definition) is 5. The van der Waals surface area contributed by atoms with Gasteiger partial charge in [0.2, 0.25) is 5.91 Å². The maximum atomic E-state index is 12.8. The Morgan fingerprint density at radius 3 is 2.24 bits per heavy atom. The highest BCUT2D eigenvalue weighted by atomic mass is 16.7. The second-order valence-corrected chi connectivity index (χ2v) is 9.00. The Kier molecular flexibility index (Phi) is 5.76. The molecule has 3 aliphatic carbocycles. The van der Waals surface area contributed by atoms with Crippen molar-refractivity contribution in [2.75, 3.05) is 13.2 Å². The summed E-state index contributed by atoms with van der Waals surface area (Å²) in [6.07, 6.45) is 2.16. The first kappa shape index (κ1) is 21.5. The number of hydroxylamine groups is 1. The summed E-state index contributed by atoms with van der Waals surface area (Å²) in [7, 11) is 0. The average Bonchev–Trinajstić information content (AvgIpc) is 3.49. The van der Waals surface area contributed by atoms with Crippen molar-refractivity contribution in [3.05, 3.63) is 59.7 Å². The third-order valence-electron chi connectivity index (χ3n) is 7.22. The molecule has 3 N–H and O–H groups in total. The van der Waals surface area contributed by atoms with Crippen LogP contribution in [0.25, 0.3) is 11.1 Å². The number of rotatable bonds is 7. The van der Waals surface area contributed by atoms with Crippen LogP contribution in [0.5, 0.6) is 0 Å². The van der Waals surface area contributed by atoms with Gasteiger partial charge in [-0.3, -0.25) is 9.63 Å². The lowest BCUT2D eigenvalue weighted by molar-refractivity contribution is -0.151. The van der Waals surface area contributed by atoms with E-state index in [0.29, 0.717) is 0 Å². The van der Waals surface area contributed by atoms with Gasteiger partial charge in [-0.15, -0.1) is 0 Å². The lowest BCUT2D eigenvalue weighted by Gasteiger charge is -2.30. The molecule has 172 valence electrons. The first-order valence-corrected chi connectivity index (χ1v) is 11.3. The topological polar surface area (TPSA) is 114 Å². The van der Waals surface area contributed by atoms with E-state index in [1.165, 1.54) is 0 Å². The Bertz CT molecular complexity index is 1040. The summed E-state index contributed by atoms with van der Waals surface area (Å²) in [6.45, 7) is -0.406. The van der Waals surface area contributed by atoms with Gasteiger partial charge in [0, 0.05) is 12.0 Å². The predicted molar refractivity (Wildman–Crippen MR) is 118 cm³/mol. The molecule has 0 aromatic heterocycles. The Morgan fingerprint density at radius 2 is 1.58 bits per heavy atom. The van der Waals surface area contributed by atoms with Crippen LogP contribution >= 0.6 is 0 Å². The molecule has 8 heteroatoms. The Balaban J connectivity index is 1.23. The summed E-state index contributed by atoms with van der Waals surface area (Å²) < 4.78 is 5.66. The van der Waals surface area contributed by atoms with Crippen LogP contribution in [0.1, 0.15) is 36.3 Å². The predicted octanol–water partition coefficient (Wildman–Crippen LogP) is 3.07. The standard InChI is InChI=1S/C25H26N2O6/c28-21(29)13-33-27-24(30)22-14-9-10-15(11-14)23(22)26-25(31)32-12-20-18-7-3-1-5-16(18)17-6-2-4-8-19(17)20/h1-8,14-15,20,22-23H,9-13H2,(H,26,31)(H,27,30)(H,28,29). The molecular weight excluding hydrogens is 424 g/mol. The summed E-state index contributed by atoms with van der Waals surface area (Å²) in [5.41, 5.74) is 6.83. The highest BCUT2D eigenvalue weighted by Crippen LogP contribution is 2.49. The smallest absolute Gasteiger partial charge is 0.407 e.